The Balaban J connectivity index is 2.17. The van der Waals surface area contributed by atoms with Crippen LogP contribution in [0.2, 0.25) is 0 Å². The molecule has 0 saturated carbocycles. The number of nitrogen functional groups attached to an aromatic ring is 1. The summed E-state index contributed by atoms with van der Waals surface area (Å²) in [6.45, 7) is 3.89. The minimum absolute atomic E-state index is 0.552. The van der Waals surface area contributed by atoms with Crippen molar-refractivity contribution in [1.29, 1.82) is 0 Å². The molecule has 0 unspecified atom stereocenters. The molecule has 4 heteroatoms. The van der Waals surface area contributed by atoms with Gasteiger partial charge in [-0.2, -0.15) is 0 Å². The van der Waals surface area contributed by atoms with Gasteiger partial charge in [-0.05, 0) is 30.7 Å². The van der Waals surface area contributed by atoms with Crippen molar-refractivity contribution in [3.8, 4) is 0 Å². The standard InChI is InChI=1S/C13H16N4/c1-2-17(10-11-3-6-15-7-4-11)12-5-8-16-13(14)9-12/h3-9H,2,10H2,1H3,(H2,14,16). The van der Waals surface area contributed by atoms with Gasteiger partial charge in [-0.25, -0.2) is 4.98 Å². The first-order chi connectivity index (χ1) is 8.29. The Morgan fingerprint density at radius 2 is 1.94 bits per heavy atom. The molecule has 2 aromatic rings. The van der Waals surface area contributed by atoms with Gasteiger partial charge in [-0.1, -0.05) is 0 Å². The Morgan fingerprint density at radius 1 is 1.18 bits per heavy atom. The lowest BCUT2D eigenvalue weighted by Gasteiger charge is -2.23. The smallest absolute Gasteiger partial charge is 0.125 e. The summed E-state index contributed by atoms with van der Waals surface area (Å²) >= 11 is 0. The highest BCUT2D eigenvalue weighted by Gasteiger charge is 2.05. The number of pyridine rings is 2. The fourth-order valence-electron chi connectivity index (χ4n) is 1.73. The highest BCUT2D eigenvalue weighted by Crippen LogP contribution is 2.17. The van der Waals surface area contributed by atoms with E-state index in [2.05, 4.69) is 21.8 Å². The van der Waals surface area contributed by atoms with Crippen LogP contribution in [0.1, 0.15) is 12.5 Å². The number of rotatable bonds is 4. The molecule has 0 aliphatic heterocycles. The van der Waals surface area contributed by atoms with Crippen LogP contribution in [0.5, 0.6) is 0 Å². The lowest BCUT2D eigenvalue weighted by atomic mass is 10.2. The maximum Gasteiger partial charge on any atom is 0.125 e. The van der Waals surface area contributed by atoms with Crippen LogP contribution < -0.4 is 10.6 Å². The zero-order valence-corrected chi connectivity index (χ0v) is 9.87. The molecule has 0 aromatic carbocycles. The molecule has 2 aromatic heterocycles. The van der Waals surface area contributed by atoms with Gasteiger partial charge < -0.3 is 10.6 Å². The van der Waals surface area contributed by atoms with Crippen molar-refractivity contribution in [3.63, 3.8) is 0 Å². The van der Waals surface area contributed by atoms with Gasteiger partial charge in [0.1, 0.15) is 5.82 Å². The molecular weight excluding hydrogens is 212 g/mol. The monoisotopic (exact) mass is 228 g/mol. The van der Waals surface area contributed by atoms with Gasteiger partial charge in [-0.15, -0.1) is 0 Å². The largest absolute Gasteiger partial charge is 0.384 e. The van der Waals surface area contributed by atoms with Crippen LogP contribution in [-0.4, -0.2) is 16.5 Å². The minimum atomic E-state index is 0.552. The van der Waals surface area contributed by atoms with E-state index in [4.69, 9.17) is 5.73 Å². The first-order valence-corrected chi connectivity index (χ1v) is 5.65. The fourth-order valence-corrected chi connectivity index (χ4v) is 1.73. The number of aromatic nitrogens is 2. The van der Waals surface area contributed by atoms with Gasteiger partial charge >= 0.3 is 0 Å². The van der Waals surface area contributed by atoms with Crippen molar-refractivity contribution >= 4 is 11.5 Å². The molecule has 0 radical (unpaired) electrons. The molecule has 0 aliphatic carbocycles. The maximum atomic E-state index is 5.70. The summed E-state index contributed by atoms with van der Waals surface area (Å²) < 4.78 is 0. The predicted molar refractivity (Wildman–Crippen MR) is 69.6 cm³/mol. The number of anilines is 2. The number of nitrogens with two attached hydrogens (primary N) is 1. The van der Waals surface area contributed by atoms with Gasteiger partial charge in [0.05, 0.1) is 0 Å². The van der Waals surface area contributed by atoms with Gasteiger partial charge in [0.25, 0.3) is 0 Å². The van der Waals surface area contributed by atoms with E-state index in [9.17, 15) is 0 Å². The Hall–Kier alpha value is -2.10. The summed E-state index contributed by atoms with van der Waals surface area (Å²) in [5.41, 5.74) is 8.02. The Morgan fingerprint density at radius 3 is 2.59 bits per heavy atom. The SMILES string of the molecule is CCN(Cc1ccncc1)c1ccnc(N)c1. The summed E-state index contributed by atoms with van der Waals surface area (Å²) in [5, 5.41) is 0. The van der Waals surface area contributed by atoms with E-state index in [-0.39, 0.29) is 0 Å². The van der Waals surface area contributed by atoms with Crippen LogP contribution in [0.4, 0.5) is 11.5 Å². The summed E-state index contributed by atoms with van der Waals surface area (Å²) in [6.07, 6.45) is 5.36. The lowest BCUT2D eigenvalue weighted by molar-refractivity contribution is 0.829. The van der Waals surface area contributed by atoms with E-state index >= 15 is 0 Å². The maximum absolute atomic E-state index is 5.70. The van der Waals surface area contributed by atoms with Crippen molar-refractivity contribution in [1.82, 2.24) is 9.97 Å². The molecule has 0 amide bonds. The van der Waals surface area contributed by atoms with Crippen LogP contribution >= 0.6 is 0 Å². The highest BCUT2D eigenvalue weighted by atomic mass is 15.1. The average Bonchev–Trinajstić information content (AvgIpc) is 2.37. The number of hydrogen-bond acceptors (Lipinski definition) is 4. The summed E-state index contributed by atoms with van der Waals surface area (Å²) in [5.74, 6) is 0.552. The van der Waals surface area contributed by atoms with Crippen LogP contribution in [0.25, 0.3) is 0 Å². The van der Waals surface area contributed by atoms with Crippen molar-refractivity contribution in [2.75, 3.05) is 17.2 Å². The molecule has 0 saturated heterocycles. The molecule has 4 nitrogen and oxygen atoms in total. The highest BCUT2D eigenvalue weighted by molar-refractivity contribution is 5.52. The quantitative estimate of drug-likeness (QED) is 0.870. The minimum Gasteiger partial charge on any atom is -0.384 e. The third-order valence-electron chi connectivity index (χ3n) is 2.63. The van der Waals surface area contributed by atoms with Gasteiger partial charge in [0.2, 0.25) is 0 Å². The van der Waals surface area contributed by atoms with E-state index in [1.807, 2.05) is 36.7 Å². The summed E-state index contributed by atoms with van der Waals surface area (Å²) in [4.78, 5) is 10.3. The van der Waals surface area contributed by atoms with Crippen molar-refractivity contribution in [3.05, 3.63) is 48.4 Å². The Labute approximate surface area is 101 Å². The molecule has 0 bridgehead atoms. The van der Waals surface area contributed by atoms with E-state index in [1.54, 1.807) is 6.20 Å². The lowest BCUT2D eigenvalue weighted by Crippen LogP contribution is -2.22. The molecule has 88 valence electrons. The molecule has 2 heterocycles. The van der Waals surface area contributed by atoms with E-state index in [1.165, 1.54) is 5.56 Å². The molecule has 0 aliphatic rings. The first kappa shape index (κ1) is 11.4. The van der Waals surface area contributed by atoms with Crippen LogP contribution in [0.3, 0.4) is 0 Å². The van der Waals surface area contributed by atoms with Crippen LogP contribution in [-0.2, 0) is 6.54 Å². The summed E-state index contributed by atoms with van der Waals surface area (Å²) in [6, 6.07) is 7.91. The molecule has 2 N–H and O–H groups in total. The molecule has 0 fully saturated rings. The zero-order valence-electron chi connectivity index (χ0n) is 9.87. The second kappa shape index (κ2) is 5.30. The topological polar surface area (TPSA) is 55.0 Å². The van der Waals surface area contributed by atoms with Crippen molar-refractivity contribution in [2.45, 2.75) is 13.5 Å². The van der Waals surface area contributed by atoms with E-state index < -0.39 is 0 Å². The van der Waals surface area contributed by atoms with Gasteiger partial charge in [0, 0.05) is 43.4 Å². The molecule has 0 spiro atoms. The predicted octanol–water partition coefficient (Wildman–Crippen LogP) is 2.09. The fraction of sp³-hybridized carbons (Fsp3) is 0.231. The zero-order chi connectivity index (χ0) is 12.1. The Bertz CT molecular complexity index is 470. The average molecular weight is 228 g/mol. The van der Waals surface area contributed by atoms with Gasteiger partial charge in [0.15, 0.2) is 0 Å². The van der Waals surface area contributed by atoms with Crippen molar-refractivity contribution in [2.24, 2.45) is 0 Å². The third-order valence-corrected chi connectivity index (χ3v) is 2.63. The normalized spacial score (nSPS) is 10.2. The van der Waals surface area contributed by atoms with E-state index in [0.29, 0.717) is 5.82 Å². The number of hydrogen-bond donors (Lipinski definition) is 1. The van der Waals surface area contributed by atoms with Crippen LogP contribution in [0.15, 0.2) is 42.9 Å². The third kappa shape index (κ3) is 2.93. The van der Waals surface area contributed by atoms with Crippen LogP contribution in [0, 0.1) is 0 Å². The van der Waals surface area contributed by atoms with E-state index in [0.717, 1.165) is 18.8 Å². The van der Waals surface area contributed by atoms with Crippen molar-refractivity contribution < 1.29 is 0 Å². The molecular formula is C13H16N4. The Kier molecular flexibility index (Phi) is 3.55. The summed E-state index contributed by atoms with van der Waals surface area (Å²) in [7, 11) is 0. The second-order valence-corrected chi connectivity index (χ2v) is 3.81. The van der Waals surface area contributed by atoms with Gasteiger partial charge in [-0.3, -0.25) is 4.98 Å². The first-order valence-electron chi connectivity index (χ1n) is 5.65. The number of nitrogens with zero attached hydrogens (tertiary/aromatic N) is 3. The molecule has 17 heavy (non-hydrogen) atoms. The molecule has 0 atom stereocenters. The molecule has 2 rings (SSSR count). The second-order valence-electron chi connectivity index (χ2n) is 3.81.